The minimum atomic E-state index is -4.06. The number of benzene rings is 4. The van der Waals surface area contributed by atoms with Crippen LogP contribution in [0.15, 0.2) is 108 Å². The number of ether oxygens (including phenoxy) is 2. The Balaban J connectivity index is 1.39. The van der Waals surface area contributed by atoms with Crippen molar-refractivity contribution in [2.24, 2.45) is 0 Å². The van der Waals surface area contributed by atoms with E-state index in [2.05, 4.69) is 29.6 Å². The standard InChI is InChI=1S/C37H42N2O5S/c1-43-34-24-23-32(27-35(34)44-2)45(41,42)39-26-25-30-19-9-10-22-33(30)36(39)37(40)38-31(20-11-17-28-13-5-3-6-14-28)21-12-18-29-15-7-4-8-16-29/h3-10,13-16,19,22-24,27,31,36H,11-12,17-18,20-21,25-26H2,1-2H3,(H,38,40). The molecule has 0 aromatic heterocycles. The Morgan fingerprint density at radius 3 is 1.98 bits per heavy atom. The minimum Gasteiger partial charge on any atom is -0.493 e. The Kier molecular flexibility index (Phi) is 10.9. The highest BCUT2D eigenvalue weighted by Gasteiger charge is 2.41. The Labute approximate surface area is 267 Å². The largest absolute Gasteiger partial charge is 0.493 e. The molecule has 1 atom stereocenters. The summed E-state index contributed by atoms with van der Waals surface area (Å²) in [5, 5.41) is 3.30. The number of carbonyl (C=O) groups is 1. The van der Waals surface area contributed by atoms with Crippen LogP contribution in [0.5, 0.6) is 11.5 Å². The number of aryl methyl sites for hydroxylation is 2. The van der Waals surface area contributed by atoms with Crippen LogP contribution < -0.4 is 14.8 Å². The first kappa shape index (κ1) is 32.3. The molecule has 7 nitrogen and oxygen atoms in total. The van der Waals surface area contributed by atoms with Crippen molar-refractivity contribution in [2.75, 3.05) is 20.8 Å². The Morgan fingerprint density at radius 2 is 1.38 bits per heavy atom. The molecule has 0 fully saturated rings. The van der Waals surface area contributed by atoms with Crippen LogP contribution in [0.1, 0.15) is 54.0 Å². The van der Waals surface area contributed by atoms with Crippen LogP contribution in [0.4, 0.5) is 0 Å². The summed E-state index contributed by atoms with van der Waals surface area (Å²) < 4.78 is 40.4. The number of methoxy groups -OCH3 is 2. The summed E-state index contributed by atoms with van der Waals surface area (Å²) in [5.74, 6) is 0.452. The van der Waals surface area contributed by atoms with Crippen LogP contribution in [-0.2, 0) is 34.1 Å². The monoisotopic (exact) mass is 626 g/mol. The molecule has 4 aromatic rings. The van der Waals surface area contributed by atoms with Gasteiger partial charge < -0.3 is 14.8 Å². The molecule has 0 saturated heterocycles. The molecular weight excluding hydrogens is 584 g/mol. The molecule has 4 aromatic carbocycles. The van der Waals surface area contributed by atoms with E-state index in [9.17, 15) is 13.2 Å². The summed E-state index contributed by atoms with van der Waals surface area (Å²) in [4.78, 5) is 14.3. The highest BCUT2D eigenvalue weighted by molar-refractivity contribution is 7.89. The van der Waals surface area contributed by atoms with E-state index >= 15 is 0 Å². The molecule has 1 heterocycles. The fourth-order valence-corrected chi connectivity index (χ4v) is 7.74. The first-order valence-corrected chi connectivity index (χ1v) is 17.0. The second-order valence-electron chi connectivity index (χ2n) is 11.4. The normalized spacial score (nSPS) is 15.0. The summed E-state index contributed by atoms with van der Waals surface area (Å²) >= 11 is 0. The molecule has 45 heavy (non-hydrogen) atoms. The highest BCUT2D eigenvalue weighted by atomic mass is 32.2. The predicted molar refractivity (Wildman–Crippen MR) is 177 cm³/mol. The average Bonchev–Trinajstić information content (AvgIpc) is 3.08. The second kappa shape index (κ2) is 15.2. The smallest absolute Gasteiger partial charge is 0.244 e. The molecule has 0 aliphatic carbocycles. The van der Waals surface area contributed by atoms with Gasteiger partial charge in [0.25, 0.3) is 0 Å². The molecule has 0 saturated carbocycles. The molecule has 0 spiro atoms. The van der Waals surface area contributed by atoms with E-state index in [-0.39, 0.29) is 23.4 Å². The zero-order valence-corrected chi connectivity index (χ0v) is 26.8. The lowest BCUT2D eigenvalue weighted by Gasteiger charge is -2.36. The summed E-state index contributed by atoms with van der Waals surface area (Å²) in [5.41, 5.74) is 4.24. The number of nitrogens with zero attached hydrogens (tertiary/aromatic N) is 1. The van der Waals surface area contributed by atoms with Gasteiger partial charge in [-0.15, -0.1) is 0 Å². The molecule has 1 aliphatic heterocycles. The molecular formula is C37H42N2O5S. The van der Waals surface area contributed by atoms with Crippen molar-refractivity contribution in [3.8, 4) is 11.5 Å². The second-order valence-corrected chi connectivity index (χ2v) is 13.3. The first-order chi connectivity index (χ1) is 21.9. The topological polar surface area (TPSA) is 84.9 Å². The summed E-state index contributed by atoms with van der Waals surface area (Å²) in [6.45, 7) is 0.193. The summed E-state index contributed by atoms with van der Waals surface area (Å²) in [7, 11) is -1.09. The lowest BCUT2D eigenvalue weighted by molar-refractivity contribution is -0.126. The van der Waals surface area contributed by atoms with Gasteiger partial charge in [-0.25, -0.2) is 8.42 Å². The number of amides is 1. The van der Waals surface area contributed by atoms with E-state index in [1.807, 2.05) is 60.7 Å². The van der Waals surface area contributed by atoms with Gasteiger partial charge in [0, 0.05) is 18.7 Å². The van der Waals surface area contributed by atoms with Crippen molar-refractivity contribution in [2.45, 2.75) is 61.9 Å². The number of fused-ring (bicyclic) bond motifs is 1. The number of nitrogens with one attached hydrogen (secondary N) is 1. The highest BCUT2D eigenvalue weighted by Crippen LogP contribution is 2.37. The van der Waals surface area contributed by atoms with Crippen molar-refractivity contribution >= 4 is 15.9 Å². The zero-order chi connectivity index (χ0) is 31.6. The Hall–Kier alpha value is -4.14. The van der Waals surface area contributed by atoms with E-state index in [0.717, 1.165) is 49.7 Å². The van der Waals surface area contributed by atoms with Gasteiger partial charge in [-0.3, -0.25) is 4.79 Å². The fourth-order valence-electron chi connectivity index (χ4n) is 6.15. The van der Waals surface area contributed by atoms with E-state index in [1.165, 1.54) is 41.8 Å². The minimum absolute atomic E-state index is 0.0552. The molecule has 0 bridgehead atoms. The van der Waals surface area contributed by atoms with Crippen LogP contribution in [0.3, 0.4) is 0 Å². The fraction of sp³-hybridized carbons (Fsp3) is 0.324. The SMILES string of the molecule is COc1ccc(S(=O)(=O)N2CCc3ccccc3C2C(=O)NC(CCCc2ccccc2)CCCc2ccccc2)cc1OC. The maximum absolute atomic E-state index is 14.3. The van der Waals surface area contributed by atoms with Crippen molar-refractivity contribution < 1.29 is 22.7 Å². The van der Waals surface area contributed by atoms with Crippen LogP contribution in [0.2, 0.25) is 0 Å². The van der Waals surface area contributed by atoms with Crippen LogP contribution in [0, 0.1) is 0 Å². The average molecular weight is 627 g/mol. The summed E-state index contributed by atoms with van der Waals surface area (Å²) in [6, 6.07) is 31.8. The summed E-state index contributed by atoms with van der Waals surface area (Å²) in [6.07, 6.45) is 5.77. The third-order valence-corrected chi connectivity index (χ3v) is 10.4. The maximum Gasteiger partial charge on any atom is 0.244 e. The Morgan fingerprint density at radius 1 is 0.800 bits per heavy atom. The number of hydrogen-bond acceptors (Lipinski definition) is 5. The van der Waals surface area contributed by atoms with Gasteiger partial charge in [-0.2, -0.15) is 4.31 Å². The third-order valence-electron chi connectivity index (χ3n) is 8.52. The van der Waals surface area contributed by atoms with E-state index in [1.54, 1.807) is 6.07 Å². The number of sulfonamides is 1. The van der Waals surface area contributed by atoms with Gasteiger partial charge in [0.1, 0.15) is 6.04 Å². The van der Waals surface area contributed by atoms with E-state index in [0.29, 0.717) is 17.9 Å². The van der Waals surface area contributed by atoms with Gasteiger partial charge in [0.05, 0.1) is 19.1 Å². The van der Waals surface area contributed by atoms with E-state index < -0.39 is 16.1 Å². The van der Waals surface area contributed by atoms with Gasteiger partial charge in [0.2, 0.25) is 15.9 Å². The van der Waals surface area contributed by atoms with Crippen molar-refractivity contribution in [1.29, 1.82) is 0 Å². The maximum atomic E-state index is 14.3. The van der Waals surface area contributed by atoms with Gasteiger partial charge in [-0.1, -0.05) is 84.9 Å². The number of hydrogen-bond donors (Lipinski definition) is 1. The van der Waals surface area contributed by atoms with Gasteiger partial charge >= 0.3 is 0 Å². The van der Waals surface area contributed by atoms with Crippen LogP contribution in [-0.4, -0.2) is 45.4 Å². The third kappa shape index (κ3) is 7.93. The van der Waals surface area contributed by atoms with Crippen molar-refractivity contribution in [3.63, 3.8) is 0 Å². The number of carbonyl (C=O) groups excluding carboxylic acids is 1. The first-order valence-electron chi connectivity index (χ1n) is 15.6. The molecule has 8 heteroatoms. The quantitative estimate of drug-likeness (QED) is 0.172. The lowest BCUT2D eigenvalue weighted by atomic mass is 9.93. The van der Waals surface area contributed by atoms with E-state index in [4.69, 9.17) is 9.47 Å². The molecule has 236 valence electrons. The van der Waals surface area contributed by atoms with Gasteiger partial charge in [-0.05, 0) is 79.3 Å². The molecule has 1 unspecified atom stereocenters. The molecule has 1 amide bonds. The van der Waals surface area contributed by atoms with Crippen molar-refractivity contribution in [3.05, 3.63) is 125 Å². The van der Waals surface area contributed by atoms with Crippen LogP contribution >= 0.6 is 0 Å². The zero-order valence-electron chi connectivity index (χ0n) is 26.0. The Bertz CT molecular complexity index is 1620. The van der Waals surface area contributed by atoms with Crippen molar-refractivity contribution in [1.82, 2.24) is 9.62 Å². The predicted octanol–water partition coefficient (Wildman–Crippen LogP) is 6.52. The van der Waals surface area contributed by atoms with Gasteiger partial charge in [0.15, 0.2) is 11.5 Å². The molecule has 1 N–H and O–H groups in total. The number of rotatable bonds is 14. The molecule has 1 aliphatic rings. The lowest BCUT2D eigenvalue weighted by Crippen LogP contribution is -2.49. The molecule has 0 radical (unpaired) electrons. The molecule has 5 rings (SSSR count). The van der Waals surface area contributed by atoms with Crippen LogP contribution in [0.25, 0.3) is 0 Å².